The second kappa shape index (κ2) is 7.44. The van der Waals surface area contributed by atoms with Gasteiger partial charge in [-0.3, -0.25) is 4.79 Å². The molecule has 0 saturated carbocycles. The first-order valence-electron chi connectivity index (χ1n) is 9.47. The summed E-state index contributed by atoms with van der Waals surface area (Å²) in [5.41, 5.74) is 1.24. The number of rotatable bonds is 5. The zero-order chi connectivity index (χ0) is 21.4. The van der Waals surface area contributed by atoms with Gasteiger partial charge >= 0.3 is 5.97 Å². The van der Waals surface area contributed by atoms with E-state index in [0.29, 0.717) is 5.65 Å². The van der Waals surface area contributed by atoms with Crippen molar-refractivity contribution in [1.29, 1.82) is 0 Å². The number of benzene rings is 1. The highest BCUT2D eigenvalue weighted by molar-refractivity contribution is 5.93. The third kappa shape index (κ3) is 4.71. The molecule has 0 saturated heterocycles. The number of aromatic hydroxyl groups is 1. The Morgan fingerprint density at radius 2 is 1.83 bits per heavy atom. The minimum atomic E-state index is -0.988. The number of aliphatic hydroxyl groups is 1. The zero-order valence-electron chi connectivity index (χ0n) is 17.4. The number of phenols is 1. The van der Waals surface area contributed by atoms with Gasteiger partial charge in [-0.1, -0.05) is 6.07 Å². The Bertz CT molecular complexity index is 1070. The van der Waals surface area contributed by atoms with Gasteiger partial charge in [0.25, 0.3) is 0 Å². The lowest BCUT2D eigenvalue weighted by atomic mass is 9.82. The van der Waals surface area contributed by atoms with Crippen LogP contribution in [0.15, 0.2) is 42.6 Å². The maximum atomic E-state index is 12.6. The smallest absolute Gasteiger partial charge is 0.318 e. The molecule has 0 aliphatic rings. The molecule has 0 atom stereocenters. The summed E-state index contributed by atoms with van der Waals surface area (Å²) in [6, 6.07) is 10.7. The minimum absolute atomic E-state index is 0.165. The third-order valence-corrected chi connectivity index (χ3v) is 4.71. The van der Waals surface area contributed by atoms with Gasteiger partial charge in [-0.2, -0.15) is 4.98 Å². The van der Waals surface area contributed by atoms with Gasteiger partial charge in [0.1, 0.15) is 5.75 Å². The van der Waals surface area contributed by atoms with E-state index in [1.54, 1.807) is 46.0 Å². The molecular weight excluding hydrogens is 368 g/mol. The van der Waals surface area contributed by atoms with E-state index < -0.39 is 17.0 Å². The van der Waals surface area contributed by atoms with E-state index >= 15 is 0 Å². The van der Waals surface area contributed by atoms with Crippen molar-refractivity contribution < 1.29 is 19.7 Å². The lowest BCUT2D eigenvalue weighted by molar-refractivity contribution is -0.147. The highest BCUT2D eigenvalue weighted by Crippen LogP contribution is 2.32. The number of hydrogen-bond acceptors (Lipinski definition) is 6. The summed E-state index contributed by atoms with van der Waals surface area (Å²) in [6.07, 6.45) is 1.91. The molecule has 0 radical (unpaired) electrons. The van der Waals surface area contributed by atoms with Crippen molar-refractivity contribution in [1.82, 2.24) is 9.97 Å². The molecule has 6 nitrogen and oxygen atoms in total. The van der Waals surface area contributed by atoms with E-state index in [2.05, 4.69) is 9.97 Å². The minimum Gasteiger partial charge on any atom is -0.508 e. The van der Waals surface area contributed by atoms with Gasteiger partial charge in [0.2, 0.25) is 5.88 Å². The van der Waals surface area contributed by atoms with Crippen LogP contribution in [0.4, 0.5) is 0 Å². The third-order valence-electron chi connectivity index (χ3n) is 4.71. The van der Waals surface area contributed by atoms with Crippen LogP contribution in [0.1, 0.15) is 39.7 Å². The van der Waals surface area contributed by atoms with Gasteiger partial charge < -0.3 is 14.9 Å². The summed E-state index contributed by atoms with van der Waals surface area (Å²) in [7, 11) is 0. The van der Waals surface area contributed by atoms with Crippen LogP contribution >= 0.6 is 0 Å². The normalized spacial score (nSPS) is 12.2. The highest BCUT2D eigenvalue weighted by atomic mass is 16.5. The fraction of sp³-hybridized carbons (Fsp3) is 0.348. The van der Waals surface area contributed by atoms with Crippen LogP contribution in [0.2, 0.25) is 0 Å². The van der Waals surface area contributed by atoms with Crippen molar-refractivity contribution in [2.24, 2.45) is 5.41 Å². The molecule has 1 aromatic carbocycles. The second-order valence-corrected chi connectivity index (χ2v) is 8.64. The molecule has 0 aliphatic carbocycles. The van der Waals surface area contributed by atoms with Crippen LogP contribution in [0.25, 0.3) is 22.2 Å². The molecular formula is C23H26N2O4. The number of fused-ring (bicyclic) bond motifs is 1. The predicted molar refractivity (Wildman–Crippen MR) is 112 cm³/mol. The van der Waals surface area contributed by atoms with Crippen molar-refractivity contribution in [2.75, 3.05) is 0 Å². The number of nitrogens with zero attached hydrogens (tertiary/aromatic N) is 2. The number of hydrogen-bond donors (Lipinski definition) is 2. The number of esters is 1. The molecule has 152 valence electrons. The Morgan fingerprint density at radius 3 is 2.48 bits per heavy atom. The molecule has 0 fully saturated rings. The van der Waals surface area contributed by atoms with E-state index in [-0.39, 0.29) is 18.1 Å². The largest absolute Gasteiger partial charge is 0.508 e. The maximum Gasteiger partial charge on any atom is 0.318 e. The van der Waals surface area contributed by atoms with Gasteiger partial charge in [-0.25, -0.2) is 4.98 Å². The number of carbonyl (C=O) groups is 1. The van der Waals surface area contributed by atoms with Gasteiger partial charge in [-0.05, 0) is 82.0 Å². The van der Waals surface area contributed by atoms with Crippen molar-refractivity contribution in [3.05, 3.63) is 48.2 Å². The van der Waals surface area contributed by atoms with Gasteiger partial charge in [0, 0.05) is 17.6 Å². The molecule has 3 rings (SSSR count). The van der Waals surface area contributed by atoms with E-state index in [0.717, 1.165) is 22.1 Å². The van der Waals surface area contributed by atoms with Crippen LogP contribution < -0.4 is 4.74 Å². The Hall–Kier alpha value is -2.99. The van der Waals surface area contributed by atoms with Gasteiger partial charge in [-0.15, -0.1) is 0 Å². The summed E-state index contributed by atoms with van der Waals surface area (Å²) in [5.74, 6) is -0.0530. The molecule has 2 heterocycles. The van der Waals surface area contributed by atoms with Crippen LogP contribution in [-0.2, 0) is 4.79 Å². The van der Waals surface area contributed by atoms with Crippen molar-refractivity contribution in [3.63, 3.8) is 0 Å². The molecule has 0 amide bonds. The van der Waals surface area contributed by atoms with Crippen LogP contribution in [0.5, 0.6) is 11.6 Å². The molecule has 29 heavy (non-hydrogen) atoms. The lowest BCUT2D eigenvalue weighted by Gasteiger charge is -2.29. The predicted octanol–water partition coefficient (Wildman–Crippen LogP) is 4.40. The number of aryl methyl sites for hydroxylation is 1. The van der Waals surface area contributed by atoms with Crippen molar-refractivity contribution in [3.8, 4) is 22.8 Å². The molecule has 0 spiro atoms. The first-order valence-corrected chi connectivity index (χ1v) is 9.47. The second-order valence-electron chi connectivity index (χ2n) is 8.64. The Kier molecular flexibility index (Phi) is 5.32. The summed E-state index contributed by atoms with van der Waals surface area (Å²) in [6.45, 7) is 8.63. The molecule has 3 aromatic rings. The number of carbonyl (C=O) groups excluding carboxylic acids is 1. The lowest BCUT2D eigenvalue weighted by Crippen LogP contribution is -2.36. The topological polar surface area (TPSA) is 92.5 Å². The summed E-state index contributed by atoms with van der Waals surface area (Å²) in [5, 5.41) is 20.6. The number of phenolic OH excluding ortho intramolecular Hbond substituents is 1. The summed E-state index contributed by atoms with van der Waals surface area (Å²) in [4.78, 5) is 21.3. The molecule has 0 unspecified atom stereocenters. The standard InChI is InChI=1S/C23H26N2O4/c1-14-12-15(6-8-18(14)26)16-10-11-24-20-17(16)7-9-19(25-20)29-21(27)22(2,3)13-23(4,5)28/h6-12,26,28H,13H2,1-5H3. The first kappa shape index (κ1) is 20.7. The fourth-order valence-corrected chi connectivity index (χ4v) is 3.53. The molecule has 6 heteroatoms. The molecule has 2 N–H and O–H groups in total. The molecule has 2 aromatic heterocycles. The Balaban J connectivity index is 1.92. The van der Waals surface area contributed by atoms with E-state index in [1.165, 1.54) is 0 Å². The average Bonchev–Trinajstić information content (AvgIpc) is 2.61. The number of pyridine rings is 2. The maximum absolute atomic E-state index is 12.6. The van der Waals surface area contributed by atoms with Crippen LogP contribution in [0, 0.1) is 12.3 Å². The SMILES string of the molecule is Cc1cc(-c2ccnc3nc(OC(=O)C(C)(C)CC(C)(C)O)ccc23)ccc1O. The monoisotopic (exact) mass is 394 g/mol. The number of ether oxygens (including phenoxy) is 1. The zero-order valence-corrected chi connectivity index (χ0v) is 17.4. The quantitative estimate of drug-likeness (QED) is 0.623. The molecule has 0 aliphatic heterocycles. The Labute approximate surface area is 170 Å². The van der Waals surface area contributed by atoms with Crippen LogP contribution in [0.3, 0.4) is 0 Å². The van der Waals surface area contributed by atoms with Gasteiger partial charge in [0.05, 0.1) is 11.0 Å². The summed E-state index contributed by atoms with van der Waals surface area (Å²) >= 11 is 0. The van der Waals surface area contributed by atoms with Crippen molar-refractivity contribution in [2.45, 2.75) is 46.6 Å². The average molecular weight is 394 g/mol. The molecule has 0 bridgehead atoms. The van der Waals surface area contributed by atoms with Gasteiger partial charge in [0.15, 0.2) is 5.65 Å². The Morgan fingerprint density at radius 1 is 1.10 bits per heavy atom. The van der Waals surface area contributed by atoms with E-state index in [4.69, 9.17) is 4.74 Å². The highest BCUT2D eigenvalue weighted by Gasteiger charge is 2.35. The van der Waals surface area contributed by atoms with Crippen LogP contribution in [-0.4, -0.2) is 31.8 Å². The van der Waals surface area contributed by atoms with E-state index in [9.17, 15) is 15.0 Å². The van der Waals surface area contributed by atoms with Crippen molar-refractivity contribution >= 4 is 17.0 Å². The first-order chi connectivity index (χ1) is 13.5. The summed E-state index contributed by atoms with van der Waals surface area (Å²) < 4.78 is 5.48. The van der Waals surface area contributed by atoms with E-state index in [1.807, 2.05) is 31.2 Å². The fourth-order valence-electron chi connectivity index (χ4n) is 3.53. The number of aromatic nitrogens is 2.